The van der Waals surface area contributed by atoms with E-state index in [0.717, 1.165) is 17.0 Å². The number of nitrogens with one attached hydrogen (secondary N) is 1. The number of rotatable bonds is 3. The zero-order valence-electron chi connectivity index (χ0n) is 10.6. The van der Waals surface area contributed by atoms with Gasteiger partial charge in [0, 0.05) is 0 Å². The minimum Gasteiger partial charge on any atom is -0.296 e. The summed E-state index contributed by atoms with van der Waals surface area (Å²) >= 11 is 1.10. The molecule has 21 heavy (non-hydrogen) atoms. The predicted molar refractivity (Wildman–Crippen MR) is 76.1 cm³/mol. The molecule has 0 bridgehead atoms. The van der Waals surface area contributed by atoms with Crippen molar-refractivity contribution in [2.45, 2.75) is 0 Å². The third kappa shape index (κ3) is 2.77. The van der Waals surface area contributed by atoms with Crippen molar-refractivity contribution < 1.29 is 4.79 Å². The molecule has 1 aromatic carbocycles. The van der Waals surface area contributed by atoms with Gasteiger partial charge in [-0.3, -0.25) is 10.1 Å². The van der Waals surface area contributed by atoms with Crippen LogP contribution in [0.5, 0.6) is 0 Å². The minimum absolute atomic E-state index is 0.174. The average Bonchev–Trinajstić information content (AvgIpc) is 3.17. The van der Waals surface area contributed by atoms with Crippen molar-refractivity contribution in [3.63, 3.8) is 0 Å². The molecule has 0 radical (unpaired) electrons. The molecule has 102 valence electrons. The van der Waals surface area contributed by atoms with Gasteiger partial charge in [0.1, 0.15) is 10.9 Å². The summed E-state index contributed by atoms with van der Waals surface area (Å²) in [6.07, 6.45) is 2.78. The molecule has 3 aromatic rings. The van der Waals surface area contributed by atoms with Crippen LogP contribution in [0.1, 0.15) is 15.4 Å². The lowest BCUT2D eigenvalue weighted by Crippen LogP contribution is -2.12. The van der Waals surface area contributed by atoms with Crippen LogP contribution in [-0.4, -0.2) is 25.9 Å². The van der Waals surface area contributed by atoms with Crippen LogP contribution in [0.3, 0.4) is 0 Å². The van der Waals surface area contributed by atoms with Crippen LogP contribution in [0.15, 0.2) is 42.7 Å². The molecule has 0 fully saturated rings. The first kappa shape index (κ1) is 13.0. The highest BCUT2D eigenvalue weighted by Gasteiger charge is 2.13. The molecule has 0 aliphatic heterocycles. The number of hydrogen-bond donors (Lipinski definition) is 1. The second kappa shape index (κ2) is 5.52. The molecule has 0 aliphatic rings. The lowest BCUT2D eigenvalue weighted by atomic mass is 10.3. The van der Waals surface area contributed by atoms with Crippen LogP contribution < -0.4 is 5.32 Å². The molecule has 8 heteroatoms. The number of thiazole rings is 1. The number of nitrogens with zero attached hydrogens (tertiary/aromatic N) is 5. The number of aromatic nitrogens is 4. The quantitative estimate of drug-likeness (QED) is 0.795. The number of amides is 1. The summed E-state index contributed by atoms with van der Waals surface area (Å²) in [6.45, 7) is 0. The number of nitriles is 1. The fourth-order valence-corrected chi connectivity index (χ4v) is 2.21. The second-order valence-corrected chi connectivity index (χ2v) is 4.98. The minimum atomic E-state index is -0.420. The summed E-state index contributed by atoms with van der Waals surface area (Å²) in [4.78, 5) is 17.7. The van der Waals surface area contributed by atoms with Gasteiger partial charge in [0.15, 0.2) is 10.8 Å². The van der Waals surface area contributed by atoms with Crippen molar-refractivity contribution in [2.75, 3.05) is 5.32 Å². The van der Waals surface area contributed by atoms with E-state index < -0.39 is 5.91 Å². The number of hydrogen-bond acceptors (Lipinski definition) is 6. The summed E-state index contributed by atoms with van der Waals surface area (Å²) in [6, 6.07) is 11.2. The monoisotopic (exact) mass is 296 g/mol. The molecular weight excluding hydrogens is 288 g/mol. The van der Waals surface area contributed by atoms with Gasteiger partial charge in [0.2, 0.25) is 0 Å². The number of benzene rings is 1. The van der Waals surface area contributed by atoms with E-state index in [-0.39, 0.29) is 5.69 Å². The van der Waals surface area contributed by atoms with Crippen LogP contribution in [0, 0.1) is 11.3 Å². The summed E-state index contributed by atoms with van der Waals surface area (Å²) in [5.41, 5.74) is 0.935. The summed E-state index contributed by atoms with van der Waals surface area (Å²) in [5.74, 6) is -0.420. The highest BCUT2D eigenvalue weighted by Crippen LogP contribution is 2.17. The Balaban J connectivity index is 1.77. The van der Waals surface area contributed by atoms with Crippen molar-refractivity contribution >= 4 is 22.4 Å². The van der Waals surface area contributed by atoms with E-state index in [1.165, 1.54) is 17.2 Å². The third-order valence-corrected chi connectivity index (χ3v) is 3.37. The maximum absolute atomic E-state index is 12.0. The smallest absolute Gasteiger partial charge is 0.279 e. The van der Waals surface area contributed by atoms with Gasteiger partial charge < -0.3 is 0 Å². The van der Waals surface area contributed by atoms with E-state index in [2.05, 4.69) is 20.5 Å². The first-order chi connectivity index (χ1) is 10.3. The number of anilines is 1. The molecule has 0 aliphatic carbocycles. The Kier molecular flexibility index (Phi) is 3.41. The summed E-state index contributed by atoms with van der Waals surface area (Å²) < 4.78 is 0. The molecule has 1 amide bonds. The number of para-hydroxylation sites is 1. The van der Waals surface area contributed by atoms with Crippen LogP contribution in [0.25, 0.3) is 5.69 Å². The summed E-state index contributed by atoms with van der Waals surface area (Å²) in [7, 11) is 0. The van der Waals surface area contributed by atoms with E-state index in [0.29, 0.717) is 10.0 Å². The highest BCUT2D eigenvalue weighted by atomic mass is 32.1. The SMILES string of the molecule is N#Cc1cnc(NC(=O)c2cnn(-c3ccccc3)n2)s1. The van der Waals surface area contributed by atoms with Gasteiger partial charge in [-0.25, -0.2) is 4.98 Å². The zero-order valence-corrected chi connectivity index (χ0v) is 11.4. The van der Waals surface area contributed by atoms with Gasteiger partial charge in [0.25, 0.3) is 5.91 Å². The Morgan fingerprint density at radius 1 is 1.29 bits per heavy atom. The maximum atomic E-state index is 12.0. The maximum Gasteiger partial charge on any atom is 0.279 e. The van der Waals surface area contributed by atoms with Gasteiger partial charge in [0.05, 0.1) is 18.1 Å². The predicted octanol–water partition coefficient (Wildman–Crippen LogP) is 1.85. The fraction of sp³-hybridized carbons (Fsp3) is 0. The van der Waals surface area contributed by atoms with Gasteiger partial charge in [-0.15, -0.1) is 5.10 Å². The molecule has 3 rings (SSSR count). The number of carbonyl (C=O) groups is 1. The van der Waals surface area contributed by atoms with Crippen molar-refractivity contribution in [1.82, 2.24) is 20.0 Å². The molecule has 1 N–H and O–H groups in total. The molecule has 0 saturated carbocycles. The molecule has 0 saturated heterocycles. The first-order valence-corrected chi connectivity index (χ1v) is 6.73. The van der Waals surface area contributed by atoms with Gasteiger partial charge in [-0.05, 0) is 12.1 Å². The Bertz CT molecular complexity index is 817. The number of carbonyl (C=O) groups excluding carboxylic acids is 1. The molecule has 7 nitrogen and oxygen atoms in total. The zero-order chi connectivity index (χ0) is 14.7. The van der Waals surface area contributed by atoms with Crippen LogP contribution in [0.2, 0.25) is 0 Å². The Morgan fingerprint density at radius 3 is 2.81 bits per heavy atom. The molecule has 2 aromatic heterocycles. The van der Waals surface area contributed by atoms with Crippen LogP contribution in [0.4, 0.5) is 5.13 Å². The van der Waals surface area contributed by atoms with E-state index in [4.69, 9.17) is 5.26 Å². The van der Waals surface area contributed by atoms with Gasteiger partial charge >= 0.3 is 0 Å². The lowest BCUT2D eigenvalue weighted by molar-refractivity contribution is 0.102. The Labute approximate surface area is 123 Å². The molecular formula is C13H8N6OS. The van der Waals surface area contributed by atoms with Crippen molar-refractivity contribution in [1.29, 1.82) is 5.26 Å². The van der Waals surface area contributed by atoms with Crippen LogP contribution >= 0.6 is 11.3 Å². The Hall–Kier alpha value is -3.05. The van der Waals surface area contributed by atoms with E-state index >= 15 is 0 Å². The standard InChI is InChI=1S/C13H8N6OS/c14-6-10-7-15-13(21-10)17-12(20)11-8-16-19(18-11)9-4-2-1-3-5-9/h1-5,7-8H,(H,15,17,20). The Morgan fingerprint density at radius 2 is 2.10 bits per heavy atom. The first-order valence-electron chi connectivity index (χ1n) is 5.91. The highest BCUT2D eigenvalue weighted by molar-refractivity contribution is 7.16. The van der Waals surface area contributed by atoms with E-state index in [1.54, 1.807) is 0 Å². The van der Waals surface area contributed by atoms with Gasteiger partial charge in [-0.2, -0.15) is 15.2 Å². The van der Waals surface area contributed by atoms with Crippen LogP contribution in [-0.2, 0) is 0 Å². The van der Waals surface area contributed by atoms with E-state index in [9.17, 15) is 4.79 Å². The fourth-order valence-electron chi connectivity index (χ4n) is 1.60. The van der Waals surface area contributed by atoms with Crippen molar-refractivity contribution in [3.8, 4) is 11.8 Å². The summed E-state index contributed by atoms with van der Waals surface area (Å²) in [5, 5.41) is 19.8. The molecule has 0 atom stereocenters. The third-order valence-electron chi connectivity index (χ3n) is 2.55. The van der Waals surface area contributed by atoms with Gasteiger partial charge in [-0.1, -0.05) is 29.5 Å². The molecule has 0 spiro atoms. The molecule has 0 unspecified atom stereocenters. The van der Waals surface area contributed by atoms with Crippen molar-refractivity contribution in [2.24, 2.45) is 0 Å². The topological polar surface area (TPSA) is 96.5 Å². The lowest BCUT2D eigenvalue weighted by Gasteiger charge is -1.98. The van der Waals surface area contributed by atoms with Crippen molar-refractivity contribution in [3.05, 3.63) is 53.3 Å². The largest absolute Gasteiger partial charge is 0.296 e. The molecule has 2 heterocycles. The normalized spacial score (nSPS) is 10.0. The van der Waals surface area contributed by atoms with E-state index in [1.807, 2.05) is 36.4 Å². The second-order valence-electron chi connectivity index (χ2n) is 3.95. The average molecular weight is 296 g/mol.